The molecule has 0 fully saturated rings. The first kappa shape index (κ1) is 18.7. The number of thiazole rings is 1. The minimum atomic E-state index is -0.335. The molecule has 1 aromatic carbocycles. The van der Waals surface area contributed by atoms with Crippen molar-refractivity contribution in [3.05, 3.63) is 88.4 Å². The molecule has 3 aromatic heterocycles. The number of amides is 1. The van der Waals surface area contributed by atoms with Crippen LogP contribution in [-0.4, -0.2) is 25.7 Å². The monoisotopic (exact) mass is 403 g/mol. The van der Waals surface area contributed by atoms with Crippen molar-refractivity contribution < 1.29 is 4.79 Å². The Balaban J connectivity index is 1.40. The van der Waals surface area contributed by atoms with E-state index in [0.29, 0.717) is 12.2 Å². The lowest BCUT2D eigenvalue weighted by molar-refractivity contribution is -0.122. The Hall–Kier alpha value is -3.65. The van der Waals surface area contributed by atoms with Gasteiger partial charge in [-0.3, -0.25) is 14.6 Å². The first-order chi connectivity index (χ1) is 14.2. The van der Waals surface area contributed by atoms with Gasteiger partial charge in [0.2, 0.25) is 5.91 Å². The van der Waals surface area contributed by atoms with Crippen LogP contribution in [0.15, 0.2) is 77.2 Å². The molecule has 3 heterocycles. The maximum atomic E-state index is 12.3. The molecule has 0 radical (unpaired) electrons. The third-order valence-corrected chi connectivity index (χ3v) is 5.12. The quantitative estimate of drug-likeness (QED) is 0.535. The van der Waals surface area contributed by atoms with Gasteiger partial charge in [-0.2, -0.15) is 5.10 Å². The van der Waals surface area contributed by atoms with Gasteiger partial charge in [0.25, 0.3) is 5.56 Å². The van der Waals surface area contributed by atoms with Crippen LogP contribution in [0.3, 0.4) is 0 Å². The molecule has 0 aliphatic heterocycles. The number of hydrogen-bond donors (Lipinski definition) is 1. The molecule has 0 spiro atoms. The molecular weight excluding hydrogens is 386 g/mol. The number of nitrogens with zero attached hydrogens (tertiary/aromatic N) is 4. The van der Waals surface area contributed by atoms with Crippen LogP contribution in [0.5, 0.6) is 0 Å². The lowest BCUT2D eigenvalue weighted by atomic mass is 10.2. The second-order valence-corrected chi connectivity index (χ2v) is 7.10. The summed E-state index contributed by atoms with van der Waals surface area (Å²) in [7, 11) is 0. The zero-order chi connectivity index (χ0) is 20.1. The van der Waals surface area contributed by atoms with E-state index >= 15 is 0 Å². The number of nitrogens with one attached hydrogen (secondary N) is 1. The highest BCUT2D eigenvalue weighted by Crippen LogP contribution is 2.23. The molecule has 29 heavy (non-hydrogen) atoms. The van der Waals surface area contributed by atoms with Gasteiger partial charge >= 0.3 is 0 Å². The molecule has 4 aromatic rings. The molecule has 0 saturated heterocycles. The van der Waals surface area contributed by atoms with E-state index < -0.39 is 0 Å². The Morgan fingerprint density at radius 2 is 1.79 bits per heavy atom. The summed E-state index contributed by atoms with van der Waals surface area (Å²) in [6.07, 6.45) is 3.30. The van der Waals surface area contributed by atoms with Crippen LogP contribution in [0.4, 0.5) is 0 Å². The molecule has 1 N–H and O–H groups in total. The normalized spacial score (nSPS) is 10.6. The Kier molecular flexibility index (Phi) is 5.53. The molecule has 0 aliphatic rings. The van der Waals surface area contributed by atoms with Crippen LogP contribution in [-0.2, 0) is 17.9 Å². The second-order valence-electron chi connectivity index (χ2n) is 6.24. The fourth-order valence-electron chi connectivity index (χ4n) is 2.72. The van der Waals surface area contributed by atoms with Crippen molar-refractivity contribution >= 4 is 17.2 Å². The molecule has 0 unspecified atom stereocenters. The summed E-state index contributed by atoms with van der Waals surface area (Å²) in [4.78, 5) is 32.9. The van der Waals surface area contributed by atoms with Crippen LogP contribution in [0.25, 0.3) is 21.8 Å². The van der Waals surface area contributed by atoms with E-state index in [1.807, 2.05) is 35.7 Å². The van der Waals surface area contributed by atoms with E-state index in [0.717, 1.165) is 26.5 Å². The van der Waals surface area contributed by atoms with Crippen molar-refractivity contribution in [3.8, 4) is 21.8 Å². The highest BCUT2D eigenvalue weighted by molar-refractivity contribution is 7.13. The Bertz CT molecular complexity index is 1170. The fourth-order valence-corrected chi connectivity index (χ4v) is 3.55. The van der Waals surface area contributed by atoms with Gasteiger partial charge < -0.3 is 5.32 Å². The van der Waals surface area contributed by atoms with Gasteiger partial charge in [0.05, 0.1) is 17.9 Å². The Morgan fingerprint density at radius 1 is 1.00 bits per heavy atom. The van der Waals surface area contributed by atoms with Gasteiger partial charge in [0.15, 0.2) is 0 Å². The zero-order valence-electron chi connectivity index (χ0n) is 15.4. The molecule has 1 amide bonds. The van der Waals surface area contributed by atoms with Gasteiger partial charge in [-0.05, 0) is 18.2 Å². The minimum Gasteiger partial charge on any atom is -0.349 e. The topological polar surface area (TPSA) is 89.8 Å². The van der Waals surface area contributed by atoms with Crippen molar-refractivity contribution in [2.45, 2.75) is 13.1 Å². The van der Waals surface area contributed by atoms with E-state index in [4.69, 9.17) is 0 Å². The molecule has 7 nitrogen and oxygen atoms in total. The third-order valence-electron chi connectivity index (χ3n) is 4.18. The van der Waals surface area contributed by atoms with Crippen LogP contribution >= 0.6 is 11.3 Å². The van der Waals surface area contributed by atoms with Crippen molar-refractivity contribution in [1.82, 2.24) is 25.1 Å². The summed E-state index contributed by atoms with van der Waals surface area (Å²) in [5.41, 5.74) is 2.90. The summed E-state index contributed by atoms with van der Waals surface area (Å²) < 4.78 is 1.15. The standard InChI is InChI=1S/C21H17N5O2S/c27-19(23-12-17-14-29-21(24-17)16-4-2-1-3-5-16)13-26-20(28)7-6-18(25-26)15-8-10-22-11-9-15/h1-11,14H,12-13H2,(H,23,27). The van der Waals surface area contributed by atoms with Crippen LogP contribution < -0.4 is 10.9 Å². The highest BCUT2D eigenvalue weighted by atomic mass is 32.1. The van der Waals surface area contributed by atoms with Crippen LogP contribution in [0, 0.1) is 0 Å². The summed E-state index contributed by atoms with van der Waals surface area (Å²) in [5.74, 6) is -0.305. The number of benzene rings is 1. The summed E-state index contributed by atoms with van der Waals surface area (Å²) in [5, 5.41) is 9.89. The van der Waals surface area contributed by atoms with Gasteiger partial charge in [-0.15, -0.1) is 11.3 Å². The molecule has 0 bridgehead atoms. The molecule has 0 saturated carbocycles. The van der Waals surface area contributed by atoms with E-state index in [2.05, 4.69) is 20.4 Å². The summed E-state index contributed by atoms with van der Waals surface area (Å²) >= 11 is 1.53. The molecule has 144 valence electrons. The smallest absolute Gasteiger partial charge is 0.267 e. The van der Waals surface area contributed by atoms with Gasteiger partial charge in [0.1, 0.15) is 11.6 Å². The highest BCUT2D eigenvalue weighted by Gasteiger charge is 2.10. The Labute approximate surface area is 170 Å². The largest absolute Gasteiger partial charge is 0.349 e. The predicted octanol–water partition coefficient (Wildman–Crippen LogP) is 2.75. The molecule has 8 heteroatoms. The lowest BCUT2D eigenvalue weighted by Gasteiger charge is -2.07. The Morgan fingerprint density at radius 3 is 2.59 bits per heavy atom. The van der Waals surface area contributed by atoms with Crippen molar-refractivity contribution in [2.75, 3.05) is 0 Å². The third kappa shape index (κ3) is 4.61. The number of hydrogen-bond acceptors (Lipinski definition) is 6. The minimum absolute atomic E-state index is 0.159. The van der Waals surface area contributed by atoms with Crippen LogP contribution in [0.2, 0.25) is 0 Å². The first-order valence-corrected chi connectivity index (χ1v) is 9.82. The summed E-state index contributed by atoms with van der Waals surface area (Å²) in [6.45, 7) is 0.133. The SMILES string of the molecule is O=C(Cn1nc(-c2ccncc2)ccc1=O)NCc1csc(-c2ccccc2)n1. The van der Waals surface area contributed by atoms with E-state index in [1.54, 1.807) is 30.6 Å². The summed E-state index contributed by atoms with van der Waals surface area (Å²) in [6, 6.07) is 16.5. The lowest BCUT2D eigenvalue weighted by Crippen LogP contribution is -2.33. The maximum Gasteiger partial charge on any atom is 0.267 e. The number of rotatable bonds is 6. The zero-order valence-corrected chi connectivity index (χ0v) is 16.2. The number of pyridine rings is 1. The average molecular weight is 403 g/mol. The molecule has 4 rings (SSSR count). The van der Waals surface area contributed by atoms with E-state index in [9.17, 15) is 9.59 Å². The van der Waals surface area contributed by atoms with Gasteiger partial charge in [0, 0.05) is 35.0 Å². The van der Waals surface area contributed by atoms with Crippen molar-refractivity contribution in [3.63, 3.8) is 0 Å². The fraction of sp³-hybridized carbons (Fsp3) is 0.0952. The maximum absolute atomic E-state index is 12.3. The average Bonchev–Trinajstić information content (AvgIpc) is 3.24. The predicted molar refractivity (Wildman–Crippen MR) is 111 cm³/mol. The van der Waals surface area contributed by atoms with E-state index in [-0.39, 0.29) is 18.0 Å². The van der Waals surface area contributed by atoms with Crippen LogP contribution in [0.1, 0.15) is 5.69 Å². The van der Waals surface area contributed by atoms with Gasteiger partial charge in [-0.1, -0.05) is 30.3 Å². The molecule has 0 aliphatic carbocycles. The molecular formula is C21H17N5O2S. The number of carbonyl (C=O) groups excluding carboxylic acids is 1. The van der Waals surface area contributed by atoms with Crippen molar-refractivity contribution in [2.24, 2.45) is 0 Å². The number of aromatic nitrogens is 4. The molecule has 0 atom stereocenters. The number of carbonyl (C=O) groups is 1. The van der Waals surface area contributed by atoms with E-state index in [1.165, 1.54) is 17.4 Å². The van der Waals surface area contributed by atoms with Gasteiger partial charge in [-0.25, -0.2) is 9.67 Å². The first-order valence-electron chi connectivity index (χ1n) is 8.94. The second kappa shape index (κ2) is 8.57. The van der Waals surface area contributed by atoms with Crippen molar-refractivity contribution in [1.29, 1.82) is 0 Å².